The molecule has 0 aliphatic carbocycles. The Morgan fingerprint density at radius 2 is 1.66 bits per heavy atom. The van der Waals surface area contributed by atoms with Crippen molar-refractivity contribution >= 4 is 34.2 Å². The Bertz CT molecular complexity index is 1460. The standard InChI is InChI=1S/C31H37N5O2/c1-7-18-35(30(38)32-25-16-11-14-23-13-8-9-15-24(23)25)20-29(37)33-28-19-27(31(4,5)6)34-36(28)26-17-10-12-21(2)22(26)3/h8-17,19H,7,18,20H2,1-6H3,(H,32,38)(H,33,37). The second kappa shape index (κ2) is 11.1. The van der Waals surface area contributed by atoms with Gasteiger partial charge in [-0.3, -0.25) is 4.79 Å². The molecular formula is C31H37N5O2. The molecule has 7 nitrogen and oxygen atoms in total. The first-order chi connectivity index (χ1) is 18.1. The molecule has 0 fully saturated rings. The number of urea groups is 1. The Morgan fingerprint density at radius 3 is 2.39 bits per heavy atom. The fraction of sp³-hybridized carbons (Fsp3) is 0.323. The van der Waals surface area contributed by atoms with Crippen LogP contribution < -0.4 is 10.6 Å². The summed E-state index contributed by atoms with van der Waals surface area (Å²) in [5, 5.41) is 12.9. The van der Waals surface area contributed by atoms with Crippen molar-refractivity contribution in [2.75, 3.05) is 23.7 Å². The number of amides is 3. The number of fused-ring (bicyclic) bond motifs is 1. The van der Waals surface area contributed by atoms with Gasteiger partial charge in [0.05, 0.1) is 17.1 Å². The summed E-state index contributed by atoms with van der Waals surface area (Å²) in [7, 11) is 0. The number of benzene rings is 3. The molecule has 3 aromatic carbocycles. The van der Waals surface area contributed by atoms with Crippen LogP contribution in [-0.4, -0.2) is 39.7 Å². The molecule has 0 unspecified atom stereocenters. The van der Waals surface area contributed by atoms with E-state index in [-0.39, 0.29) is 23.9 Å². The van der Waals surface area contributed by atoms with Crippen molar-refractivity contribution in [1.29, 1.82) is 0 Å². The molecule has 0 aliphatic heterocycles. The first kappa shape index (κ1) is 26.9. The monoisotopic (exact) mass is 511 g/mol. The second-order valence-electron chi connectivity index (χ2n) is 10.7. The molecule has 0 spiro atoms. The van der Waals surface area contributed by atoms with Gasteiger partial charge in [0.15, 0.2) is 0 Å². The lowest BCUT2D eigenvalue weighted by Crippen LogP contribution is -2.41. The first-order valence-corrected chi connectivity index (χ1v) is 13.1. The molecule has 2 N–H and O–H groups in total. The number of hydrogen-bond acceptors (Lipinski definition) is 3. The highest BCUT2D eigenvalue weighted by molar-refractivity contribution is 6.03. The Hall–Kier alpha value is -4.13. The maximum absolute atomic E-state index is 13.3. The summed E-state index contributed by atoms with van der Waals surface area (Å²) < 4.78 is 1.79. The van der Waals surface area contributed by atoms with E-state index in [1.54, 1.807) is 9.58 Å². The van der Waals surface area contributed by atoms with Crippen LogP contribution in [0.5, 0.6) is 0 Å². The minimum absolute atomic E-state index is 0.0761. The number of anilines is 2. The number of nitrogens with zero attached hydrogens (tertiary/aromatic N) is 3. The highest BCUT2D eigenvalue weighted by Gasteiger charge is 2.24. The molecule has 4 rings (SSSR count). The SMILES string of the molecule is CCCN(CC(=O)Nc1cc(C(C)(C)C)nn1-c1cccc(C)c1C)C(=O)Nc1cccc2ccccc12. The summed E-state index contributed by atoms with van der Waals surface area (Å²) in [6, 6.07) is 21.3. The van der Waals surface area contributed by atoms with Crippen LogP contribution in [0.1, 0.15) is 50.9 Å². The van der Waals surface area contributed by atoms with E-state index in [4.69, 9.17) is 5.10 Å². The second-order valence-corrected chi connectivity index (χ2v) is 10.7. The maximum atomic E-state index is 13.3. The summed E-state index contributed by atoms with van der Waals surface area (Å²) in [5.41, 5.74) is 4.54. The molecule has 1 heterocycles. The van der Waals surface area contributed by atoms with Crippen LogP contribution in [0.2, 0.25) is 0 Å². The lowest BCUT2D eigenvalue weighted by molar-refractivity contribution is -0.116. The third-order valence-electron chi connectivity index (χ3n) is 6.70. The van der Waals surface area contributed by atoms with Gasteiger partial charge in [-0.2, -0.15) is 5.10 Å². The zero-order chi connectivity index (χ0) is 27.4. The lowest BCUT2D eigenvalue weighted by atomic mass is 9.92. The van der Waals surface area contributed by atoms with Gasteiger partial charge in [-0.1, -0.05) is 76.2 Å². The third kappa shape index (κ3) is 5.88. The molecule has 0 saturated heterocycles. The minimum Gasteiger partial charge on any atom is -0.315 e. The summed E-state index contributed by atoms with van der Waals surface area (Å²) in [6.07, 6.45) is 0.727. The number of carbonyl (C=O) groups is 2. The molecule has 38 heavy (non-hydrogen) atoms. The molecule has 7 heteroatoms. The van der Waals surface area contributed by atoms with Gasteiger partial charge >= 0.3 is 6.03 Å². The van der Waals surface area contributed by atoms with Gasteiger partial charge in [-0.25, -0.2) is 9.48 Å². The highest BCUT2D eigenvalue weighted by Crippen LogP contribution is 2.28. The van der Waals surface area contributed by atoms with Crippen LogP contribution in [0, 0.1) is 13.8 Å². The van der Waals surface area contributed by atoms with Crippen molar-refractivity contribution in [3.63, 3.8) is 0 Å². The molecule has 4 aromatic rings. The van der Waals surface area contributed by atoms with E-state index in [0.29, 0.717) is 12.4 Å². The molecule has 3 amide bonds. The number of aromatic nitrogens is 2. The van der Waals surface area contributed by atoms with Gasteiger partial charge < -0.3 is 15.5 Å². The molecular weight excluding hydrogens is 474 g/mol. The van der Waals surface area contributed by atoms with E-state index >= 15 is 0 Å². The molecule has 1 aromatic heterocycles. The molecule has 198 valence electrons. The van der Waals surface area contributed by atoms with Crippen molar-refractivity contribution < 1.29 is 9.59 Å². The van der Waals surface area contributed by atoms with Gasteiger partial charge in [0, 0.05) is 23.4 Å². The molecule has 0 saturated carbocycles. The quantitative estimate of drug-likeness (QED) is 0.286. The van der Waals surface area contributed by atoms with Gasteiger partial charge in [0.25, 0.3) is 0 Å². The van der Waals surface area contributed by atoms with E-state index in [1.807, 2.05) is 67.6 Å². The highest BCUT2D eigenvalue weighted by atomic mass is 16.2. The lowest BCUT2D eigenvalue weighted by Gasteiger charge is -2.22. The number of rotatable bonds is 7. The van der Waals surface area contributed by atoms with Crippen LogP contribution in [0.15, 0.2) is 66.7 Å². The Morgan fingerprint density at radius 1 is 0.947 bits per heavy atom. The van der Waals surface area contributed by atoms with E-state index in [1.165, 1.54) is 0 Å². The molecule has 0 bridgehead atoms. The van der Waals surface area contributed by atoms with Crippen molar-refractivity contribution in [1.82, 2.24) is 14.7 Å². The zero-order valence-corrected chi connectivity index (χ0v) is 23.1. The average molecular weight is 512 g/mol. The third-order valence-corrected chi connectivity index (χ3v) is 6.70. The van der Waals surface area contributed by atoms with Crippen molar-refractivity contribution in [2.24, 2.45) is 0 Å². The van der Waals surface area contributed by atoms with Gasteiger partial charge in [-0.15, -0.1) is 0 Å². The van der Waals surface area contributed by atoms with E-state index in [2.05, 4.69) is 51.3 Å². The topological polar surface area (TPSA) is 79.3 Å². The largest absolute Gasteiger partial charge is 0.322 e. The van der Waals surface area contributed by atoms with E-state index in [0.717, 1.165) is 45.4 Å². The summed E-state index contributed by atoms with van der Waals surface area (Å²) in [4.78, 5) is 28.1. The number of aryl methyl sites for hydroxylation is 1. The number of hydrogen-bond donors (Lipinski definition) is 2. The predicted octanol–water partition coefficient (Wildman–Crippen LogP) is 6.82. The van der Waals surface area contributed by atoms with E-state index < -0.39 is 0 Å². The van der Waals surface area contributed by atoms with Gasteiger partial charge in [-0.05, 0) is 48.9 Å². The first-order valence-electron chi connectivity index (χ1n) is 13.1. The van der Waals surface area contributed by atoms with Crippen LogP contribution in [0.4, 0.5) is 16.3 Å². The number of nitrogens with one attached hydrogen (secondary N) is 2. The Labute approximate surface area is 224 Å². The zero-order valence-electron chi connectivity index (χ0n) is 23.1. The van der Waals surface area contributed by atoms with Crippen LogP contribution in [-0.2, 0) is 10.2 Å². The van der Waals surface area contributed by atoms with E-state index in [9.17, 15) is 9.59 Å². The maximum Gasteiger partial charge on any atom is 0.322 e. The Balaban J connectivity index is 1.57. The summed E-state index contributed by atoms with van der Waals surface area (Å²) >= 11 is 0. The summed E-state index contributed by atoms with van der Waals surface area (Å²) in [5.74, 6) is 0.304. The van der Waals surface area contributed by atoms with Crippen LogP contribution >= 0.6 is 0 Å². The number of carbonyl (C=O) groups excluding carboxylic acids is 2. The van der Waals surface area contributed by atoms with Crippen LogP contribution in [0.3, 0.4) is 0 Å². The predicted molar refractivity (Wildman–Crippen MR) is 155 cm³/mol. The van der Waals surface area contributed by atoms with Crippen molar-refractivity contribution in [2.45, 2.75) is 53.4 Å². The fourth-order valence-corrected chi connectivity index (χ4v) is 4.39. The Kier molecular flexibility index (Phi) is 7.86. The van der Waals surface area contributed by atoms with Crippen LogP contribution in [0.25, 0.3) is 16.5 Å². The fourth-order valence-electron chi connectivity index (χ4n) is 4.39. The van der Waals surface area contributed by atoms with Gasteiger partial charge in [0.1, 0.15) is 12.4 Å². The van der Waals surface area contributed by atoms with Crippen molar-refractivity contribution in [3.8, 4) is 5.69 Å². The molecule has 0 radical (unpaired) electrons. The molecule has 0 atom stereocenters. The normalized spacial score (nSPS) is 11.4. The van der Waals surface area contributed by atoms with Crippen molar-refractivity contribution in [3.05, 3.63) is 83.6 Å². The van der Waals surface area contributed by atoms with Gasteiger partial charge in [0.2, 0.25) is 5.91 Å². The summed E-state index contributed by atoms with van der Waals surface area (Å²) in [6.45, 7) is 12.7. The minimum atomic E-state index is -0.309. The molecule has 0 aliphatic rings. The smallest absolute Gasteiger partial charge is 0.315 e. The average Bonchev–Trinajstić information content (AvgIpc) is 3.29.